The van der Waals surface area contributed by atoms with E-state index < -0.39 is 0 Å². The van der Waals surface area contributed by atoms with Gasteiger partial charge in [-0.2, -0.15) is 0 Å². The summed E-state index contributed by atoms with van der Waals surface area (Å²) in [6.07, 6.45) is 0. The Balaban J connectivity index is 3.21. The van der Waals surface area contributed by atoms with Crippen molar-refractivity contribution in [3.8, 4) is 0 Å². The van der Waals surface area contributed by atoms with Crippen LogP contribution >= 0.6 is 0 Å². The van der Waals surface area contributed by atoms with Gasteiger partial charge in [-0.05, 0) is 13.0 Å². The van der Waals surface area contributed by atoms with Crippen molar-refractivity contribution in [2.45, 2.75) is 19.9 Å². The maximum absolute atomic E-state index is 8.75. The van der Waals surface area contributed by atoms with E-state index in [1.165, 1.54) is 0 Å². The molecular weight excluding hydrogens is 142 g/mol. The lowest BCUT2D eigenvalue weighted by molar-refractivity contribution is 0.0746. The molecule has 1 atom stereocenters. The van der Waals surface area contributed by atoms with Crippen molar-refractivity contribution >= 4 is 0 Å². The summed E-state index contributed by atoms with van der Waals surface area (Å²) in [5, 5.41) is 11.7. The van der Waals surface area contributed by atoms with E-state index in [1.807, 2.05) is 7.05 Å². The van der Waals surface area contributed by atoms with Crippen LogP contribution in [0.4, 0.5) is 0 Å². The Bertz CT molecular complexity index is 82.2. The standard InChI is InChI=1S/C8H19NO2/c1-7(2)5-11-6-8(4-10)9-3/h7-10H,4-6H2,1-3H3. The Morgan fingerprint density at radius 1 is 1.36 bits per heavy atom. The first-order chi connectivity index (χ1) is 5.20. The van der Waals surface area contributed by atoms with E-state index in [-0.39, 0.29) is 12.6 Å². The lowest BCUT2D eigenvalue weighted by Crippen LogP contribution is -2.34. The van der Waals surface area contributed by atoms with Gasteiger partial charge < -0.3 is 15.2 Å². The second kappa shape index (κ2) is 6.58. The largest absolute Gasteiger partial charge is 0.395 e. The van der Waals surface area contributed by atoms with Crippen LogP contribution in [-0.2, 0) is 4.74 Å². The quantitative estimate of drug-likeness (QED) is 0.586. The van der Waals surface area contributed by atoms with Crippen molar-refractivity contribution in [1.29, 1.82) is 0 Å². The molecule has 0 rings (SSSR count). The average molecular weight is 161 g/mol. The van der Waals surface area contributed by atoms with E-state index in [2.05, 4.69) is 19.2 Å². The van der Waals surface area contributed by atoms with Crippen LogP contribution in [0.2, 0.25) is 0 Å². The van der Waals surface area contributed by atoms with Crippen LogP contribution in [0.15, 0.2) is 0 Å². The number of aliphatic hydroxyl groups is 1. The van der Waals surface area contributed by atoms with Gasteiger partial charge in [0.05, 0.1) is 19.3 Å². The van der Waals surface area contributed by atoms with Gasteiger partial charge in [0.2, 0.25) is 0 Å². The van der Waals surface area contributed by atoms with Gasteiger partial charge in [0.1, 0.15) is 0 Å². The van der Waals surface area contributed by atoms with Crippen molar-refractivity contribution in [1.82, 2.24) is 5.32 Å². The topological polar surface area (TPSA) is 41.5 Å². The van der Waals surface area contributed by atoms with Gasteiger partial charge in [-0.25, -0.2) is 0 Å². The Kier molecular flexibility index (Phi) is 6.51. The van der Waals surface area contributed by atoms with E-state index in [0.29, 0.717) is 12.5 Å². The third-order valence-corrected chi connectivity index (χ3v) is 1.40. The maximum Gasteiger partial charge on any atom is 0.0642 e. The lowest BCUT2D eigenvalue weighted by atomic mass is 10.2. The SMILES string of the molecule is CNC(CO)COCC(C)C. The Morgan fingerprint density at radius 3 is 2.36 bits per heavy atom. The number of aliphatic hydroxyl groups excluding tert-OH is 1. The first kappa shape index (κ1) is 10.9. The predicted octanol–water partition coefficient (Wildman–Crippen LogP) is 0.239. The van der Waals surface area contributed by atoms with Gasteiger partial charge in [-0.1, -0.05) is 13.8 Å². The highest BCUT2D eigenvalue weighted by atomic mass is 16.5. The van der Waals surface area contributed by atoms with Crippen molar-refractivity contribution in [2.24, 2.45) is 5.92 Å². The minimum Gasteiger partial charge on any atom is -0.395 e. The van der Waals surface area contributed by atoms with Crippen molar-refractivity contribution < 1.29 is 9.84 Å². The number of hydrogen-bond donors (Lipinski definition) is 2. The lowest BCUT2D eigenvalue weighted by Gasteiger charge is -2.14. The number of nitrogens with one attached hydrogen (secondary N) is 1. The summed E-state index contributed by atoms with van der Waals surface area (Å²) in [5.74, 6) is 0.561. The molecule has 68 valence electrons. The monoisotopic (exact) mass is 161 g/mol. The van der Waals surface area contributed by atoms with Crippen LogP contribution in [0, 0.1) is 5.92 Å². The van der Waals surface area contributed by atoms with Crippen LogP contribution in [0.5, 0.6) is 0 Å². The normalized spacial score (nSPS) is 13.9. The van der Waals surface area contributed by atoms with Crippen LogP contribution in [0.1, 0.15) is 13.8 Å². The molecule has 3 nitrogen and oxygen atoms in total. The zero-order chi connectivity index (χ0) is 8.69. The van der Waals surface area contributed by atoms with Crippen molar-refractivity contribution in [3.63, 3.8) is 0 Å². The Morgan fingerprint density at radius 2 is 2.00 bits per heavy atom. The smallest absolute Gasteiger partial charge is 0.0642 e. The summed E-state index contributed by atoms with van der Waals surface area (Å²) >= 11 is 0. The van der Waals surface area contributed by atoms with E-state index in [4.69, 9.17) is 9.84 Å². The molecule has 0 spiro atoms. The molecule has 0 aliphatic rings. The zero-order valence-corrected chi connectivity index (χ0v) is 7.63. The highest BCUT2D eigenvalue weighted by molar-refractivity contribution is 4.60. The van der Waals surface area contributed by atoms with E-state index in [9.17, 15) is 0 Å². The molecule has 0 aromatic rings. The molecule has 0 fully saturated rings. The zero-order valence-electron chi connectivity index (χ0n) is 7.63. The van der Waals surface area contributed by atoms with Crippen LogP contribution in [-0.4, -0.2) is 38.0 Å². The van der Waals surface area contributed by atoms with Crippen LogP contribution < -0.4 is 5.32 Å². The Hall–Kier alpha value is -0.120. The molecule has 0 saturated carbocycles. The van der Waals surface area contributed by atoms with Gasteiger partial charge in [-0.15, -0.1) is 0 Å². The third kappa shape index (κ3) is 6.28. The molecule has 0 aliphatic heterocycles. The molecule has 0 bridgehead atoms. The summed E-state index contributed by atoms with van der Waals surface area (Å²) < 4.78 is 5.32. The molecule has 2 N–H and O–H groups in total. The van der Waals surface area contributed by atoms with Gasteiger partial charge in [-0.3, -0.25) is 0 Å². The molecule has 0 aromatic heterocycles. The van der Waals surface area contributed by atoms with E-state index in [1.54, 1.807) is 0 Å². The minimum atomic E-state index is 0.0775. The highest BCUT2D eigenvalue weighted by Gasteiger charge is 2.03. The molecular formula is C8H19NO2. The molecule has 0 heterocycles. The second-order valence-electron chi connectivity index (χ2n) is 3.10. The van der Waals surface area contributed by atoms with Gasteiger partial charge in [0, 0.05) is 6.61 Å². The number of hydrogen-bond acceptors (Lipinski definition) is 3. The molecule has 0 aliphatic carbocycles. The highest BCUT2D eigenvalue weighted by Crippen LogP contribution is 1.93. The summed E-state index contributed by atoms with van der Waals surface area (Å²) in [6.45, 7) is 5.69. The Labute approximate surface area is 68.8 Å². The second-order valence-corrected chi connectivity index (χ2v) is 3.10. The average Bonchev–Trinajstić information content (AvgIpc) is 1.98. The summed E-state index contributed by atoms with van der Waals surface area (Å²) in [4.78, 5) is 0. The molecule has 0 saturated heterocycles. The molecule has 0 radical (unpaired) electrons. The van der Waals surface area contributed by atoms with Crippen LogP contribution in [0.25, 0.3) is 0 Å². The van der Waals surface area contributed by atoms with Crippen molar-refractivity contribution in [2.75, 3.05) is 26.9 Å². The molecule has 1 unspecified atom stereocenters. The first-order valence-electron chi connectivity index (χ1n) is 4.06. The first-order valence-corrected chi connectivity index (χ1v) is 4.06. The minimum absolute atomic E-state index is 0.0775. The molecule has 3 heteroatoms. The van der Waals surface area contributed by atoms with E-state index in [0.717, 1.165) is 6.61 Å². The number of rotatable bonds is 6. The van der Waals surface area contributed by atoms with Gasteiger partial charge >= 0.3 is 0 Å². The predicted molar refractivity (Wildman–Crippen MR) is 45.6 cm³/mol. The molecule has 11 heavy (non-hydrogen) atoms. The number of likely N-dealkylation sites (N-methyl/N-ethyl adjacent to an activating group) is 1. The molecule has 0 aromatic carbocycles. The number of ether oxygens (including phenoxy) is 1. The summed E-state index contributed by atoms with van der Waals surface area (Å²) in [5.41, 5.74) is 0. The fourth-order valence-electron chi connectivity index (χ4n) is 0.673. The van der Waals surface area contributed by atoms with Gasteiger partial charge in [0.25, 0.3) is 0 Å². The van der Waals surface area contributed by atoms with Gasteiger partial charge in [0.15, 0.2) is 0 Å². The molecule has 0 amide bonds. The fourth-order valence-corrected chi connectivity index (χ4v) is 0.673. The van der Waals surface area contributed by atoms with Crippen LogP contribution in [0.3, 0.4) is 0 Å². The maximum atomic E-state index is 8.75. The summed E-state index contributed by atoms with van der Waals surface area (Å²) in [7, 11) is 1.82. The summed E-state index contributed by atoms with van der Waals surface area (Å²) in [6, 6.07) is 0.0775. The van der Waals surface area contributed by atoms with E-state index >= 15 is 0 Å². The third-order valence-electron chi connectivity index (χ3n) is 1.40. The van der Waals surface area contributed by atoms with Crippen molar-refractivity contribution in [3.05, 3.63) is 0 Å². The fraction of sp³-hybridized carbons (Fsp3) is 1.00.